The maximum absolute atomic E-state index is 13.6. The van der Waals surface area contributed by atoms with Crippen molar-refractivity contribution < 1.29 is 19.8 Å². The number of benzene rings is 3. The van der Waals surface area contributed by atoms with E-state index < -0.39 is 29.9 Å². The number of hydrogen-bond acceptors (Lipinski definition) is 3. The summed E-state index contributed by atoms with van der Waals surface area (Å²) in [7, 11) is 0. The Labute approximate surface area is 223 Å². The van der Waals surface area contributed by atoms with Gasteiger partial charge in [0.1, 0.15) is 6.04 Å². The van der Waals surface area contributed by atoms with Crippen LogP contribution in [-0.2, 0) is 16.0 Å². The van der Waals surface area contributed by atoms with E-state index in [2.05, 4.69) is 29.6 Å². The Morgan fingerprint density at radius 1 is 0.816 bits per heavy atom. The van der Waals surface area contributed by atoms with Gasteiger partial charge in [-0.25, -0.2) is 0 Å². The first kappa shape index (κ1) is 26.9. The van der Waals surface area contributed by atoms with Gasteiger partial charge in [0, 0.05) is 12.4 Å². The SMILES string of the molecule is CCC[C@H](C(=O)O)[C@@H](C(=O)NC(CO)Cc1ccccc1)n1ccc(-c2ccc(-c3ccccc3)cc2)c1. The molecule has 3 aromatic carbocycles. The van der Waals surface area contributed by atoms with E-state index in [-0.39, 0.29) is 6.61 Å². The van der Waals surface area contributed by atoms with Crippen molar-refractivity contribution in [2.75, 3.05) is 6.61 Å². The molecule has 0 fully saturated rings. The Bertz CT molecular complexity index is 1320. The van der Waals surface area contributed by atoms with Crippen LogP contribution >= 0.6 is 0 Å². The molecule has 1 aromatic heterocycles. The Hall–Kier alpha value is -4.16. The van der Waals surface area contributed by atoms with Gasteiger partial charge >= 0.3 is 5.97 Å². The molecule has 1 amide bonds. The van der Waals surface area contributed by atoms with E-state index in [4.69, 9.17) is 0 Å². The van der Waals surface area contributed by atoms with E-state index in [0.29, 0.717) is 19.3 Å². The first-order valence-corrected chi connectivity index (χ1v) is 13.0. The van der Waals surface area contributed by atoms with Crippen LogP contribution in [0.25, 0.3) is 22.3 Å². The maximum atomic E-state index is 13.6. The van der Waals surface area contributed by atoms with Gasteiger partial charge in [0.15, 0.2) is 0 Å². The molecule has 0 aliphatic heterocycles. The monoisotopic (exact) mass is 510 g/mol. The number of nitrogens with zero attached hydrogens (tertiary/aromatic N) is 1. The summed E-state index contributed by atoms with van der Waals surface area (Å²) in [6.07, 6.45) is 5.03. The highest BCUT2D eigenvalue weighted by atomic mass is 16.4. The molecule has 0 radical (unpaired) electrons. The molecule has 1 unspecified atom stereocenters. The van der Waals surface area contributed by atoms with Crippen molar-refractivity contribution in [3.63, 3.8) is 0 Å². The predicted molar refractivity (Wildman–Crippen MR) is 150 cm³/mol. The molecule has 4 rings (SSSR count). The number of aromatic nitrogens is 1. The quantitative estimate of drug-likeness (QED) is 0.232. The van der Waals surface area contributed by atoms with Crippen LogP contribution in [0.15, 0.2) is 103 Å². The lowest BCUT2D eigenvalue weighted by molar-refractivity contribution is -0.147. The fourth-order valence-corrected chi connectivity index (χ4v) is 4.84. The van der Waals surface area contributed by atoms with Crippen LogP contribution in [0.1, 0.15) is 31.4 Å². The molecule has 0 saturated heterocycles. The Morgan fingerprint density at radius 2 is 1.39 bits per heavy atom. The Balaban J connectivity index is 1.59. The summed E-state index contributed by atoms with van der Waals surface area (Å²) in [5.41, 5.74) is 5.09. The lowest BCUT2D eigenvalue weighted by atomic mass is 9.93. The second-order valence-electron chi connectivity index (χ2n) is 9.55. The molecule has 38 heavy (non-hydrogen) atoms. The third-order valence-electron chi connectivity index (χ3n) is 6.82. The van der Waals surface area contributed by atoms with E-state index >= 15 is 0 Å². The van der Waals surface area contributed by atoms with E-state index in [1.165, 1.54) is 0 Å². The molecule has 0 bridgehead atoms. The van der Waals surface area contributed by atoms with Gasteiger partial charge < -0.3 is 20.1 Å². The fraction of sp³-hybridized carbons (Fsp3) is 0.250. The van der Waals surface area contributed by atoms with Crippen LogP contribution in [0.2, 0.25) is 0 Å². The predicted octanol–water partition coefficient (Wildman–Crippen LogP) is 5.58. The van der Waals surface area contributed by atoms with E-state index in [1.807, 2.05) is 79.9 Å². The largest absolute Gasteiger partial charge is 0.481 e. The van der Waals surface area contributed by atoms with Gasteiger partial charge in [0.25, 0.3) is 0 Å². The highest BCUT2D eigenvalue weighted by molar-refractivity contribution is 5.86. The standard InChI is InChI=1S/C32H34N2O4/c1-2-9-29(32(37)38)30(31(36)33-28(22-35)20-23-10-5-3-6-11-23)34-19-18-27(21-34)26-16-14-25(15-17-26)24-12-7-4-8-13-24/h3-8,10-19,21,28-30,35H,2,9,20,22H2,1H3,(H,33,36)(H,37,38)/t28?,29-,30-/m0/s1. The number of hydrogen-bond donors (Lipinski definition) is 3. The minimum atomic E-state index is -1.02. The summed E-state index contributed by atoms with van der Waals surface area (Å²) in [5.74, 6) is -2.34. The van der Waals surface area contributed by atoms with Crippen molar-refractivity contribution in [1.82, 2.24) is 9.88 Å². The molecule has 0 aliphatic rings. The number of aliphatic hydroxyl groups excluding tert-OH is 1. The smallest absolute Gasteiger partial charge is 0.309 e. The zero-order valence-corrected chi connectivity index (χ0v) is 21.5. The van der Waals surface area contributed by atoms with E-state index in [0.717, 1.165) is 27.8 Å². The molecule has 0 aliphatic carbocycles. The summed E-state index contributed by atoms with van der Waals surface area (Å²) < 4.78 is 1.70. The average molecular weight is 511 g/mol. The van der Waals surface area contributed by atoms with Crippen molar-refractivity contribution in [2.24, 2.45) is 5.92 Å². The minimum absolute atomic E-state index is 0.246. The molecule has 3 atom stereocenters. The first-order valence-electron chi connectivity index (χ1n) is 13.0. The van der Waals surface area contributed by atoms with Crippen molar-refractivity contribution in [3.8, 4) is 22.3 Å². The lowest BCUT2D eigenvalue weighted by Gasteiger charge is -2.27. The van der Waals surface area contributed by atoms with Crippen LogP contribution in [0, 0.1) is 5.92 Å². The molecule has 6 heteroatoms. The summed E-state index contributed by atoms with van der Waals surface area (Å²) in [6.45, 7) is 1.66. The van der Waals surface area contributed by atoms with Crippen LogP contribution in [-0.4, -0.2) is 39.3 Å². The topological polar surface area (TPSA) is 91.6 Å². The van der Waals surface area contributed by atoms with Crippen molar-refractivity contribution in [2.45, 2.75) is 38.3 Å². The third-order valence-corrected chi connectivity index (χ3v) is 6.82. The number of nitrogens with one attached hydrogen (secondary N) is 1. The van der Waals surface area contributed by atoms with Gasteiger partial charge in [-0.05, 0) is 46.7 Å². The van der Waals surface area contributed by atoms with Crippen molar-refractivity contribution in [3.05, 3.63) is 109 Å². The number of carbonyl (C=O) groups excluding carboxylic acids is 1. The van der Waals surface area contributed by atoms with Crippen LogP contribution in [0.3, 0.4) is 0 Å². The number of aliphatic carboxylic acids is 1. The molecular formula is C32H34N2O4. The molecule has 0 spiro atoms. The van der Waals surface area contributed by atoms with Gasteiger partial charge in [-0.3, -0.25) is 9.59 Å². The van der Waals surface area contributed by atoms with Gasteiger partial charge in [0.2, 0.25) is 5.91 Å². The number of carboxylic acid groups (broad SMARTS) is 1. The van der Waals surface area contributed by atoms with Crippen LogP contribution < -0.4 is 5.32 Å². The summed E-state index contributed by atoms with van der Waals surface area (Å²) in [4.78, 5) is 25.8. The molecule has 6 nitrogen and oxygen atoms in total. The van der Waals surface area contributed by atoms with Gasteiger partial charge in [0.05, 0.1) is 18.6 Å². The minimum Gasteiger partial charge on any atom is -0.481 e. The Kier molecular flexibility index (Phi) is 9.11. The zero-order valence-electron chi connectivity index (χ0n) is 21.5. The van der Waals surface area contributed by atoms with E-state index in [9.17, 15) is 19.8 Å². The van der Waals surface area contributed by atoms with E-state index in [1.54, 1.807) is 10.8 Å². The van der Waals surface area contributed by atoms with Crippen molar-refractivity contribution in [1.29, 1.82) is 0 Å². The van der Waals surface area contributed by atoms with Crippen molar-refractivity contribution >= 4 is 11.9 Å². The molecule has 3 N–H and O–H groups in total. The zero-order chi connectivity index (χ0) is 26.9. The summed E-state index contributed by atoms with van der Waals surface area (Å²) in [5, 5.41) is 22.9. The van der Waals surface area contributed by atoms with Gasteiger partial charge in [-0.1, -0.05) is 98.3 Å². The van der Waals surface area contributed by atoms with Crippen LogP contribution in [0.5, 0.6) is 0 Å². The average Bonchev–Trinajstić information content (AvgIpc) is 3.43. The third kappa shape index (κ3) is 6.58. The normalized spacial score (nSPS) is 13.4. The molecular weight excluding hydrogens is 476 g/mol. The molecule has 0 saturated carbocycles. The highest BCUT2D eigenvalue weighted by Gasteiger charge is 2.35. The number of rotatable bonds is 12. The number of aliphatic hydroxyl groups is 1. The molecule has 1 heterocycles. The van der Waals surface area contributed by atoms with Gasteiger partial charge in [-0.2, -0.15) is 0 Å². The highest BCUT2D eigenvalue weighted by Crippen LogP contribution is 2.29. The maximum Gasteiger partial charge on any atom is 0.309 e. The lowest BCUT2D eigenvalue weighted by Crippen LogP contribution is -2.46. The van der Waals surface area contributed by atoms with Gasteiger partial charge in [-0.15, -0.1) is 0 Å². The molecule has 4 aromatic rings. The fourth-order valence-electron chi connectivity index (χ4n) is 4.84. The number of carboxylic acids is 1. The number of carbonyl (C=O) groups is 2. The molecule has 196 valence electrons. The van der Waals surface area contributed by atoms with Crippen LogP contribution in [0.4, 0.5) is 0 Å². The first-order chi connectivity index (χ1) is 18.5. The summed E-state index contributed by atoms with van der Waals surface area (Å²) >= 11 is 0. The Morgan fingerprint density at radius 3 is 1.97 bits per heavy atom. The summed E-state index contributed by atoms with van der Waals surface area (Å²) in [6, 6.07) is 28.3. The second-order valence-corrected chi connectivity index (χ2v) is 9.55. The number of amides is 1. The second kappa shape index (κ2) is 12.9.